The predicted molar refractivity (Wildman–Crippen MR) is 58.0 cm³/mol. The summed E-state index contributed by atoms with van der Waals surface area (Å²) in [4.78, 5) is 0. The molecule has 0 fully saturated rings. The van der Waals surface area contributed by atoms with Crippen molar-refractivity contribution in [3.63, 3.8) is 0 Å². The van der Waals surface area contributed by atoms with Gasteiger partial charge in [-0.25, -0.2) is 0 Å². The Kier molecular flexibility index (Phi) is 5.63. The summed E-state index contributed by atoms with van der Waals surface area (Å²) in [6, 6.07) is 0. The summed E-state index contributed by atoms with van der Waals surface area (Å²) in [5, 5.41) is 3.03. The summed E-state index contributed by atoms with van der Waals surface area (Å²) in [7, 11) is -3.82. The highest BCUT2D eigenvalue weighted by molar-refractivity contribution is 7.85. The lowest BCUT2D eigenvalue weighted by atomic mass is 9.88. The molecule has 2 N–H and O–H groups in total. The van der Waals surface area contributed by atoms with Gasteiger partial charge in [-0.2, -0.15) is 8.42 Å². The Morgan fingerprint density at radius 3 is 2.36 bits per heavy atom. The molecular formula is C9H21NO3S. The first-order valence-corrected chi connectivity index (χ1v) is 6.54. The molecule has 0 unspecified atom stereocenters. The van der Waals surface area contributed by atoms with Crippen LogP contribution in [0.25, 0.3) is 0 Å². The lowest BCUT2D eigenvalue weighted by molar-refractivity contribution is 0.314. The van der Waals surface area contributed by atoms with Crippen LogP contribution in [0.5, 0.6) is 0 Å². The molecule has 0 aliphatic heterocycles. The van der Waals surface area contributed by atoms with E-state index in [1.165, 1.54) is 0 Å². The molecule has 0 amide bonds. The van der Waals surface area contributed by atoms with Gasteiger partial charge in [0.2, 0.25) is 0 Å². The van der Waals surface area contributed by atoms with Crippen LogP contribution in [0.1, 0.15) is 33.6 Å². The molecule has 0 saturated heterocycles. The zero-order valence-corrected chi connectivity index (χ0v) is 10.0. The van der Waals surface area contributed by atoms with Gasteiger partial charge in [-0.1, -0.05) is 27.2 Å². The number of hydrogen-bond acceptors (Lipinski definition) is 3. The topological polar surface area (TPSA) is 66.4 Å². The van der Waals surface area contributed by atoms with Crippen molar-refractivity contribution in [2.75, 3.05) is 18.8 Å². The normalized spacial score (nSPS) is 13.1. The number of nitrogens with one attached hydrogen (secondary N) is 1. The van der Waals surface area contributed by atoms with Crippen molar-refractivity contribution >= 4 is 10.1 Å². The smallest absolute Gasteiger partial charge is 0.266 e. The maximum atomic E-state index is 10.4. The zero-order valence-electron chi connectivity index (χ0n) is 9.21. The zero-order chi connectivity index (χ0) is 11.2. The molecule has 0 spiro atoms. The van der Waals surface area contributed by atoms with E-state index in [1.807, 2.05) is 0 Å². The Morgan fingerprint density at radius 2 is 1.93 bits per heavy atom. The van der Waals surface area contributed by atoms with E-state index in [1.54, 1.807) is 0 Å². The minimum atomic E-state index is -3.82. The Bertz CT molecular complexity index is 247. The van der Waals surface area contributed by atoms with Gasteiger partial charge in [0, 0.05) is 13.1 Å². The van der Waals surface area contributed by atoms with E-state index in [9.17, 15) is 8.42 Å². The largest absolute Gasteiger partial charge is 0.315 e. The van der Waals surface area contributed by atoms with Gasteiger partial charge >= 0.3 is 0 Å². The summed E-state index contributed by atoms with van der Waals surface area (Å²) >= 11 is 0. The molecule has 0 aliphatic carbocycles. The molecule has 0 atom stereocenters. The predicted octanol–water partition coefficient (Wildman–Crippen LogP) is 1.29. The molecule has 86 valence electrons. The third-order valence-electron chi connectivity index (χ3n) is 2.07. The summed E-state index contributed by atoms with van der Waals surface area (Å²) in [6.07, 6.45) is 2.22. The molecule has 0 bridgehead atoms. The molecule has 0 radical (unpaired) electrons. The van der Waals surface area contributed by atoms with E-state index >= 15 is 0 Å². The van der Waals surface area contributed by atoms with Crippen molar-refractivity contribution in [2.24, 2.45) is 5.41 Å². The van der Waals surface area contributed by atoms with E-state index < -0.39 is 10.1 Å². The fraction of sp³-hybridized carbons (Fsp3) is 1.00. The van der Waals surface area contributed by atoms with Crippen LogP contribution < -0.4 is 5.32 Å². The summed E-state index contributed by atoms with van der Waals surface area (Å²) in [5.74, 6) is -0.213. The third-order valence-corrected chi connectivity index (χ3v) is 2.79. The van der Waals surface area contributed by atoms with Gasteiger partial charge in [-0.05, 0) is 11.8 Å². The first-order chi connectivity index (χ1) is 6.27. The molecular weight excluding hydrogens is 202 g/mol. The maximum absolute atomic E-state index is 10.4. The molecule has 14 heavy (non-hydrogen) atoms. The quantitative estimate of drug-likeness (QED) is 0.504. The van der Waals surface area contributed by atoms with Gasteiger partial charge in [-0.3, -0.25) is 4.55 Å². The Hall–Kier alpha value is -0.130. The standard InChI is InChI=1S/C9H21NO3S/c1-4-5-9(2,3)8-10-6-7-14(11,12)13/h10H,4-8H2,1-3H3,(H,11,12,13). The number of rotatable bonds is 7. The summed E-state index contributed by atoms with van der Waals surface area (Å²) in [6.45, 7) is 7.48. The van der Waals surface area contributed by atoms with Crippen LogP contribution in [-0.4, -0.2) is 31.8 Å². The molecule has 0 rings (SSSR count). The maximum Gasteiger partial charge on any atom is 0.266 e. The fourth-order valence-corrected chi connectivity index (χ4v) is 1.80. The van der Waals surface area contributed by atoms with Crippen LogP contribution >= 0.6 is 0 Å². The molecule has 0 saturated carbocycles. The van der Waals surface area contributed by atoms with Crippen LogP contribution in [0.4, 0.5) is 0 Å². The van der Waals surface area contributed by atoms with Gasteiger partial charge in [-0.15, -0.1) is 0 Å². The molecule has 0 aromatic heterocycles. The van der Waals surface area contributed by atoms with Gasteiger partial charge < -0.3 is 5.32 Å². The fourth-order valence-electron chi connectivity index (χ4n) is 1.39. The number of hydrogen-bond donors (Lipinski definition) is 2. The third kappa shape index (κ3) is 8.47. The van der Waals surface area contributed by atoms with Crippen LogP contribution in [-0.2, 0) is 10.1 Å². The van der Waals surface area contributed by atoms with E-state index in [0.29, 0.717) is 6.54 Å². The SMILES string of the molecule is CCCC(C)(C)CNCCS(=O)(=O)O. The Labute approximate surface area is 86.8 Å². The minimum Gasteiger partial charge on any atom is -0.315 e. The van der Waals surface area contributed by atoms with Crippen molar-refractivity contribution in [1.29, 1.82) is 0 Å². The Morgan fingerprint density at radius 1 is 1.36 bits per heavy atom. The van der Waals surface area contributed by atoms with Gasteiger partial charge in [0.15, 0.2) is 0 Å². The second-order valence-electron chi connectivity index (χ2n) is 4.38. The summed E-state index contributed by atoms with van der Waals surface area (Å²) < 4.78 is 29.3. The molecule has 0 aromatic carbocycles. The van der Waals surface area contributed by atoms with Crippen molar-refractivity contribution in [3.8, 4) is 0 Å². The van der Waals surface area contributed by atoms with Crippen LogP contribution in [0, 0.1) is 5.41 Å². The van der Waals surface area contributed by atoms with Crippen LogP contribution in [0.15, 0.2) is 0 Å². The first-order valence-electron chi connectivity index (χ1n) is 4.93. The highest BCUT2D eigenvalue weighted by Gasteiger charge is 2.15. The first kappa shape index (κ1) is 13.9. The van der Waals surface area contributed by atoms with E-state index in [2.05, 4.69) is 26.1 Å². The molecule has 5 heteroatoms. The van der Waals surface area contributed by atoms with Crippen molar-refractivity contribution in [2.45, 2.75) is 33.6 Å². The molecule has 0 aliphatic rings. The average molecular weight is 223 g/mol. The van der Waals surface area contributed by atoms with Crippen molar-refractivity contribution in [1.82, 2.24) is 5.32 Å². The van der Waals surface area contributed by atoms with Crippen molar-refractivity contribution < 1.29 is 13.0 Å². The van der Waals surface area contributed by atoms with E-state index in [-0.39, 0.29) is 11.2 Å². The molecule has 0 heterocycles. The highest BCUT2D eigenvalue weighted by Crippen LogP contribution is 2.20. The Balaban J connectivity index is 3.64. The second kappa shape index (κ2) is 5.68. The lowest BCUT2D eigenvalue weighted by Gasteiger charge is -2.24. The van der Waals surface area contributed by atoms with Crippen LogP contribution in [0.3, 0.4) is 0 Å². The average Bonchev–Trinajstić information content (AvgIpc) is 1.96. The lowest BCUT2D eigenvalue weighted by Crippen LogP contribution is -2.32. The second-order valence-corrected chi connectivity index (χ2v) is 5.95. The minimum absolute atomic E-state index is 0.188. The highest BCUT2D eigenvalue weighted by atomic mass is 32.2. The molecule has 0 aromatic rings. The monoisotopic (exact) mass is 223 g/mol. The van der Waals surface area contributed by atoms with Gasteiger partial charge in [0.05, 0.1) is 5.75 Å². The van der Waals surface area contributed by atoms with E-state index in [4.69, 9.17) is 4.55 Å². The van der Waals surface area contributed by atoms with Gasteiger partial charge in [0.1, 0.15) is 0 Å². The van der Waals surface area contributed by atoms with Crippen LogP contribution in [0.2, 0.25) is 0 Å². The van der Waals surface area contributed by atoms with Crippen molar-refractivity contribution in [3.05, 3.63) is 0 Å². The van der Waals surface area contributed by atoms with E-state index in [0.717, 1.165) is 19.4 Å². The molecule has 4 nitrogen and oxygen atoms in total. The summed E-state index contributed by atoms with van der Waals surface area (Å²) in [5.41, 5.74) is 0.188. The van der Waals surface area contributed by atoms with Gasteiger partial charge in [0.25, 0.3) is 10.1 Å².